The van der Waals surface area contributed by atoms with Gasteiger partial charge in [-0.05, 0) is 43.6 Å². The van der Waals surface area contributed by atoms with Gasteiger partial charge in [0.15, 0.2) is 5.78 Å². The van der Waals surface area contributed by atoms with Gasteiger partial charge in [0.1, 0.15) is 5.82 Å². The predicted octanol–water partition coefficient (Wildman–Crippen LogP) is 6.08. The predicted molar refractivity (Wildman–Crippen MR) is 113 cm³/mol. The number of hydrogen-bond donors (Lipinski definition) is 1. The summed E-state index contributed by atoms with van der Waals surface area (Å²) in [5.74, 6) is 1.23. The van der Waals surface area contributed by atoms with Crippen LogP contribution in [0.1, 0.15) is 63.7 Å². The van der Waals surface area contributed by atoms with Crippen LogP contribution in [0.5, 0.6) is 0 Å². The van der Waals surface area contributed by atoms with Crippen LogP contribution in [0.15, 0.2) is 53.2 Å². The summed E-state index contributed by atoms with van der Waals surface area (Å²) >= 11 is 1.63. The smallest absolute Gasteiger partial charge is 0.162 e. The van der Waals surface area contributed by atoms with Gasteiger partial charge < -0.3 is 5.32 Å². The summed E-state index contributed by atoms with van der Waals surface area (Å²) in [4.78, 5) is 19.3. The second-order valence-electron chi connectivity index (χ2n) is 8.16. The van der Waals surface area contributed by atoms with Gasteiger partial charge in [0, 0.05) is 17.7 Å². The number of rotatable bonds is 4. The lowest BCUT2D eigenvalue weighted by molar-refractivity contribution is -0.119. The first-order valence-electron chi connectivity index (χ1n) is 10.0. The number of nitrogens with one attached hydrogen (secondary N) is 1. The van der Waals surface area contributed by atoms with E-state index in [1.807, 2.05) is 30.7 Å². The van der Waals surface area contributed by atoms with E-state index in [9.17, 15) is 4.79 Å². The van der Waals surface area contributed by atoms with Crippen LogP contribution in [-0.2, 0) is 10.2 Å². The molecule has 2 heterocycles. The number of carbonyl (C=O) groups is 1. The van der Waals surface area contributed by atoms with Gasteiger partial charge in [-0.25, -0.2) is 4.98 Å². The van der Waals surface area contributed by atoms with Crippen molar-refractivity contribution in [2.75, 3.05) is 5.32 Å². The molecular formula is C23H28N2OS. The summed E-state index contributed by atoms with van der Waals surface area (Å²) in [6.07, 6.45) is 15.4. The Kier molecular flexibility index (Phi) is 4.71. The molecule has 142 valence electrons. The minimum Gasteiger partial charge on any atom is -0.342 e. The molecule has 1 N–H and O–H groups in total. The molecule has 0 unspecified atom stereocenters. The van der Waals surface area contributed by atoms with E-state index < -0.39 is 5.41 Å². The average Bonchev–Trinajstić information content (AvgIpc) is 3.29. The molecule has 4 heteroatoms. The normalized spacial score (nSPS) is 26.7. The van der Waals surface area contributed by atoms with Gasteiger partial charge in [-0.3, -0.25) is 4.79 Å². The first-order valence-corrected chi connectivity index (χ1v) is 10.9. The van der Waals surface area contributed by atoms with E-state index in [1.54, 1.807) is 11.3 Å². The largest absolute Gasteiger partial charge is 0.342 e. The quantitative estimate of drug-likeness (QED) is 0.643. The molecule has 0 bridgehead atoms. The third-order valence-corrected chi connectivity index (χ3v) is 7.65. The highest BCUT2D eigenvalue weighted by atomic mass is 32.1. The highest BCUT2D eigenvalue weighted by Gasteiger charge is 2.52. The molecule has 1 fully saturated rings. The fraction of sp³-hybridized carbons (Fsp3) is 0.478. The molecule has 0 aromatic carbocycles. The molecule has 3 nitrogen and oxygen atoms in total. The second-order valence-corrected chi connectivity index (χ2v) is 9.02. The molecule has 4 rings (SSSR count). The number of ketones is 1. The summed E-state index contributed by atoms with van der Waals surface area (Å²) in [7, 11) is 0. The van der Waals surface area contributed by atoms with Crippen molar-refractivity contribution in [3.8, 4) is 0 Å². The Hall–Kier alpha value is -1.94. The zero-order valence-corrected chi connectivity index (χ0v) is 17.1. The maximum atomic E-state index is 13.5. The second kappa shape index (κ2) is 6.90. The first kappa shape index (κ1) is 18.4. The summed E-state index contributed by atoms with van der Waals surface area (Å²) in [5.41, 5.74) is 4.64. The summed E-state index contributed by atoms with van der Waals surface area (Å²) in [5, 5.41) is 3.55. The maximum Gasteiger partial charge on any atom is 0.162 e. The number of allylic oxidation sites excluding steroid dienone is 7. The van der Waals surface area contributed by atoms with E-state index in [1.165, 1.54) is 25.7 Å². The summed E-state index contributed by atoms with van der Waals surface area (Å²) in [6, 6.07) is 0. The molecule has 2 aliphatic carbocycles. The van der Waals surface area contributed by atoms with Gasteiger partial charge in [-0.2, -0.15) is 0 Å². The van der Waals surface area contributed by atoms with Crippen molar-refractivity contribution in [2.45, 2.75) is 64.2 Å². The highest BCUT2D eigenvalue weighted by Crippen LogP contribution is 2.58. The van der Waals surface area contributed by atoms with Gasteiger partial charge >= 0.3 is 0 Å². The zero-order chi connectivity index (χ0) is 19.1. The molecule has 0 saturated heterocycles. The molecule has 27 heavy (non-hydrogen) atoms. The Balaban J connectivity index is 1.86. The lowest BCUT2D eigenvalue weighted by atomic mass is 9.61. The number of carbonyl (C=O) groups excluding carboxylic acids is 1. The fourth-order valence-electron chi connectivity index (χ4n) is 5.39. The highest BCUT2D eigenvalue weighted by molar-refractivity contribution is 7.10. The number of thiazole rings is 1. The minimum absolute atomic E-state index is 0.165. The Labute approximate surface area is 166 Å². The van der Waals surface area contributed by atoms with Crippen LogP contribution in [0.2, 0.25) is 0 Å². The van der Waals surface area contributed by atoms with Gasteiger partial charge in [-0.1, -0.05) is 50.6 Å². The van der Waals surface area contributed by atoms with E-state index in [-0.39, 0.29) is 5.41 Å². The lowest BCUT2D eigenvalue weighted by Gasteiger charge is -2.45. The van der Waals surface area contributed by atoms with E-state index in [0.29, 0.717) is 12.2 Å². The number of anilines is 1. The molecule has 1 atom stereocenters. The SMILES string of the molecule is C=C(/C=C\C=C/C)[C@]1(CC)C2=C(CC3(CCCC3)CC2=O)Nc2ncsc21. The van der Waals surface area contributed by atoms with Crippen molar-refractivity contribution in [1.82, 2.24) is 4.98 Å². The Morgan fingerprint density at radius 2 is 2.11 bits per heavy atom. The van der Waals surface area contributed by atoms with Crippen molar-refractivity contribution >= 4 is 22.9 Å². The summed E-state index contributed by atoms with van der Waals surface area (Å²) < 4.78 is 0. The molecule has 1 aromatic heterocycles. The number of nitrogens with zero attached hydrogens (tertiary/aromatic N) is 1. The van der Waals surface area contributed by atoms with Crippen LogP contribution in [0, 0.1) is 5.41 Å². The Morgan fingerprint density at radius 3 is 2.81 bits per heavy atom. The van der Waals surface area contributed by atoms with E-state index in [4.69, 9.17) is 0 Å². The van der Waals surface area contributed by atoms with Crippen LogP contribution >= 0.6 is 11.3 Å². The van der Waals surface area contributed by atoms with Crippen molar-refractivity contribution < 1.29 is 4.79 Å². The lowest BCUT2D eigenvalue weighted by Crippen LogP contribution is -2.43. The maximum absolute atomic E-state index is 13.5. The average molecular weight is 381 g/mol. The number of Topliss-reactive ketones (excluding diaryl/α,β-unsaturated/α-hetero) is 1. The van der Waals surface area contributed by atoms with Crippen LogP contribution in [-0.4, -0.2) is 10.8 Å². The van der Waals surface area contributed by atoms with E-state index in [2.05, 4.69) is 29.9 Å². The standard InChI is InChI=1S/C23H28N2OS/c1-4-6-7-10-16(3)23(5-2)19-17(25-21-20(23)27-15-24-21)13-22(14-18(19)26)11-8-9-12-22/h4,6-7,10,15,25H,3,5,8-9,11-14H2,1-2H3/b6-4-,10-7-/t23-/m1/s1. The molecule has 1 saturated carbocycles. The Bertz CT molecular complexity index is 867. The van der Waals surface area contributed by atoms with Gasteiger partial charge in [0.05, 0.1) is 15.8 Å². The number of fused-ring (bicyclic) bond motifs is 1. The molecule has 0 amide bonds. The molecule has 1 spiro atoms. The first-order chi connectivity index (χ1) is 13.1. The summed E-state index contributed by atoms with van der Waals surface area (Å²) in [6.45, 7) is 8.60. The van der Waals surface area contributed by atoms with Crippen LogP contribution in [0.4, 0.5) is 5.82 Å². The Morgan fingerprint density at radius 1 is 1.33 bits per heavy atom. The molecule has 1 aliphatic heterocycles. The van der Waals surface area contributed by atoms with Gasteiger partial charge in [0.2, 0.25) is 0 Å². The minimum atomic E-state index is -0.452. The van der Waals surface area contributed by atoms with Crippen LogP contribution in [0.25, 0.3) is 0 Å². The molecule has 0 radical (unpaired) electrons. The number of aromatic nitrogens is 1. The van der Waals surface area contributed by atoms with Gasteiger partial charge in [-0.15, -0.1) is 11.3 Å². The van der Waals surface area contributed by atoms with Crippen molar-refractivity contribution in [3.05, 3.63) is 58.1 Å². The fourth-order valence-corrected chi connectivity index (χ4v) is 6.45. The van der Waals surface area contributed by atoms with Gasteiger partial charge in [0.25, 0.3) is 0 Å². The van der Waals surface area contributed by atoms with Crippen molar-refractivity contribution in [2.24, 2.45) is 5.41 Å². The van der Waals surface area contributed by atoms with Crippen LogP contribution in [0.3, 0.4) is 0 Å². The van der Waals surface area contributed by atoms with Crippen molar-refractivity contribution in [1.29, 1.82) is 0 Å². The topological polar surface area (TPSA) is 42.0 Å². The van der Waals surface area contributed by atoms with Crippen molar-refractivity contribution in [3.63, 3.8) is 0 Å². The monoisotopic (exact) mass is 380 g/mol. The number of hydrogen-bond acceptors (Lipinski definition) is 4. The van der Waals surface area contributed by atoms with E-state index in [0.717, 1.165) is 40.4 Å². The molecule has 1 aromatic rings. The zero-order valence-electron chi connectivity index (χ0n) is 16.3. The van der Waals surface area contributed by atoms with E-state index >= 15 is 0 Å². The third-order valence-electron chi connectivity index (χ3n) is 6.66. The molecule has 3 aliphatic rings. The molecular weight excluding hydrogens is 352 g/mol. The third kappa shape index (κ3) is 2.77. The van der Waals surface area contributed by atoms with Crippen LogP contribution < -0.4 is 5.32 Å².